The third-order valence-corrected chi connectivity index (χ3v) is 3.58. The van der Waals surface area contributed by atoms with Crippen molar-refractivity contribution in [2.45, 2.75) is 51.9 Å². The van der Waals surface area contributed by atoms with Crippen molar-refractivity contribution in [2.24, 2.45) is 11.1 Å². The van der Waals surface area contributed by atoms with Crippen LogP contribution in [0.25, 0.3) is 0 Å². The van der Waals surface area contributed by atoms with E-state index in [1.807, 2.05) is 0 Å². The quantitative estimate of drug-likeness (QED) is 0.546. The summed E-state index contributed by atoms with van der Waals surface area (Å²) in [5.41, 5.74) is 6.34. The van der Waals surface area contributed by atoms with Crippen molar-refractivity contribution in [3.8, 4) is 0 Å². The van der Waals surface area contributed by atoms with E-state index in [4.69, 9.17) is 10.5 Å². The summed E-state index contributed by atoms with van der Waals surface area (Å²) in [4.78, 5) is 0. The van der Waals surface area contributed by atoms with Gasteiger partial charge >= 0.3 is 0 Å². The molecule has 0 spiro atoms. The first-order valence-electron chi connectivity index (χ1n) is 6.11. The van der Waals surface area contributed by atoms with Crippen molar-refractivity contribution < 1.29 is 4.74 Å². The van der Waals surface area contributed by atoms with Crippen molar-refractivity contribution >= 4 is 0 Å². The SMILES string of the molecule is CCOCCC1(CN)CCCCCC1. The molecule has 0 aromatic heterocycles. The van der Waals surface area contributed by atoms with Crippen LogP contribution in [-0.2, 0) is 4.74 Å². The summed E-state index contributed by atoms with van der Waals surface area (Å²) in [6.07, 6.45) is 9.32. The van der Waals surface area contributed by atoms with Gasteiger partial charge < -0.3 is 10.5 Å². The predicted octanol–water partition coefficient (Wildman–Crippen LogP) is 2.71. The van der Waals surface area contributed by atoms with Gasteiger partial charge in [-0.2, -0.15) is 0 Å². The lowest BCUT2D eigenvalue weighted by Crippen LogP contribution is -2.31. The minimum Gasteiger partial charge on any atom is -0.382 e. The van der Waals surface area contributed by atoms with Crippen LogP contribution in [0.1, 0.15) is 51.9 Å². The van der Waals surface area contributed by atoms with E-state index in [1.165, 1.54) is 38.5 Å². The lowest BCUT2D eigenvalue weighted by Gasteiger charge is -2.31. The molecule has 2 nitrogen and oxygen atoms in total. The molecular weight excluding hydrogens is 174 g/mol. The molecular formula is C12H25NO. The van der Waals surface area contributed by atoms with Crippen LogP contribution in [0.2, 0.25) is 0 Å². The highest BCUT2D eigenvalue weighted by Crippen LogP contribution is 2.37. The summed E-state index contributed by atoms with van der Waals surface area (Å²) in [5, 5.41) is 0. The normalized spacial score (nSPS) is 21.9. The van der Waals surface area contributed by atoms with Crippen molar-refractivity contribution in [1.82, 2.24) is 0 Å². The molecule has 14 heavy (non-hydrogen) atoms. The lowest BCUT2D eigenvalue weighted by molar-refractivity contribution is 0.0970. The molecule has 0 aromatic carbocycles. The zero-order valence-corrected chi connectivity index (χ0v) is 9.56. The molecule has 0 saturated heterocycles. The van der Waals surface area contributed by atoms with E-state index in [-0.39, 0.29) is 0 Å². The molecule has 1 saturated carbocycles. The fraction of sp³-hybridized carbons (Fsp3) is 1.00. The molecule has 0 heterocycles. The standard InChI is InChI=1S/C12H25NO/c1-2-14-10-9-12(11-13)7-5-3-4-6-8-12/h2-11,13H2,1H3. The third-order valence-electron chi connectivity index (χ3n) is 3.58. The number of hydrogen-bond acceptors (Lipinski definition) is 2. The number of ether oxygens (including phenoxy) is 1. The molecule has 0 radical (unpaired) electrons. The molecule has 2 heteroatoms. The molecule has 2 N–H and O–H groups in total. The maximum atomic E-state index is 5.93. The van der Waals surface area contributed by atoms with Crippen molar-refractivity contribution in [1.29, 1.82) is 0 Å². The van der Waals surface area contributed by atoms with Gasteiger partial charge in [-0.1, -0.05) is 25.7 Å². The average molecular weight is 199 g/mol. The fourth-order valence-corrected chi connectivity index (χ4v) is 2.47. The number of rotatable bonds is 5. The minimum absolute atomic E-state index is 0.408. The maximum Gasteiger partial charge on any atom is 0.0471 e. The molecule has 0 atom stereocenters. The van der Waals surface area contributed by atoms with Crippen molar-refractivity contribution in [2.75, 3.05) is 19.8 Å². The Hall–Kier alpha value is -0.0800. The summed E-state index contributed by atoms with van der Waals surface area (Å²) in [7, 11) is 0. The Morgan fingerprint density at radius 3 is 2.29 bits per heavy atom. The molecule has 0 bridgehead atoms. The first-order valence-corrected chi connectivity index (χ1v) is 6.11. The van der Waals surface area contributed by atoms with Crippen LogP contribution in [0.5, 0.6) is 0 Å². The second-order valence-corrected chi connectivity index (χ2v) is 4.57. The molecule has 0 unspecified atom stereocenters. The summed E-state index contributed by atoms with van der Waals surface area (Å²) >= 11 is 0. The summed E-state index contributed by atoms with van der Waals surface area (Å²) < 4.78 is 5.45. The number of hydrogen-bond donors (Lipinski definition) is 1. The molecule has 0 aliphatic heterocycles. The third kappa shape index (κ3) is 3.58. The Morgan fingerprint density at radius 2 is 1.79 bits per heavy atom. The lowest BCUT2D eigenvalue weighted by atomic mass is 9.78. The Bertz CT molecular complexity index is 139. The van der Waals surface area contributed by atoms with Gasteiger partial charge in [0.1, 0.15) is 0 Å². The molecule has 1 fully saturated rings. The van der Waals surface area contributed by atoms with Gasteiger partial charge in [0.2, 0.25) is 0 Å². The van der Waals surface area contributed by atoms with Gasteiger partial charge in [0.05, 0.1) is 0 Å². The first kappa shape index (κ1) is 12.0. The molecule has 0 aromatic rings. The summed E-state index contributed by atoms with van der Waals surface area (Å²) in [5.74, 6) is 0. The molecule has 84 valence electrons. The molecule has 0 amide bonds. The second kappa shape index (κ2) is 6.41. The summed E-state index contributed by atoms with van der Waals surface area (Å²) in [6.45, 7) is 4.64. The van der Waals surface area contributed by atoms with Gasteiger partial charge in [0.15, 0.2) is 0 Å². The highest BCUT2D eigenvalue weighted by Gasteiger charge is 2.28. The summed E-state index contributed by atoms with van der Waals surface area (Å²) in [6, 6.07) is 0. The van der Waals surface area contributed by atoms with Crippen LogP contribution in [-0.4, -0.2) is 19.8 Å². The fourth-order valence-electron chi connectivity index (χ4n) is 2.47. The van der Waals surface area contributed by atoms with Crippen LogP contribution < -0.4 is 5.73 Å². The first-order chi connectivity index (χ1) is 6.83. The Labute approximate surface area is 88.2 Å². The van der Waals surface area contributed by atoms with Gasteiger partial charge in [-0.3, -0.25) is 0 Å². The Kier molecular flexibility index (Phi) is 5.49. The van der Waals surface area contributed by atoms with Crippen LogP contribution in [0.4, 0.5) is 0 Å². The predicted molar refractivity (Wildman–Crippen MR) is 60.3 cm³/mol. The smallest absolute Gasteiger partial charge is 0.0471 e. The van der Waals surface area contributed by atoms with Crippen LogP contribution in [0.3, 0.4) is 0 Å². The van der Waals surface area contributed by atoms with Gasteiger partial charge in [-0.05, 0) is 38.1 Å². The Morgan fingerprint density at radius 1 is 1.14 bits per heavy atom. The molecule has 1 rings (SSSR count). The van der Waals surface area contributed by atoms with Gasteiger partial charge in [0.25, 0.3) is 0 Å². The van der Waals surface area contributed by atoms with Gasteiger partial charge in [-0.15, -0.1) is 0 Å². The van der Waals surface area contributed by atoms with Crippen LogP contribution in [0, 0.1) is 5.41 Å². The number of nitrogens with two attached hydrogens (primary N) is 1. The second-order valence-electron chi connectivity index (χ2n) is 4.57. The maximum absolute atomic E-state index is 5.93. The zero-order valence-electron chi connectivity index (χ0n) is 9.56. The zero-order chi connectivity index (χ0) is 10.3. The van der Waals surface area contributed by atoms with Crippen LogP contribution >= 0.6 is 0 Å². The van der Waals surface area contributed by atoms with E-state index in [9.17, 15) is 0 Å². The highest BCUT2D eigenvalue weighted by molar-refractivity contribution is 4.82. The molecule has 1 aliphatic rings. The van der Waals surface area contributed by atoms with E-state index >= 15 is 0 Å². The van der Waals surface area contributed by atoms with E-state index in [1.54, 1.807) is 0 Å². The van der Waals surface area contributed by atoms with Crippen molar-refractivity contribution in [3.63, 3.8) is 0 Å². The molecule has 1 aliphatic carbocycles. The van der Waals surface area contributed by atoms with Gasteiger partial charge in [-0.25, -0.2) is 0 Å². The highest BCUT2D eigenvalue weighted by atomic mass is 16.5. The Balaban J connectivity index is 2.37. The average Bonchev–Trinajstić information content (AvgIpc) is 2.45. The van der Waals surface area contributed by atoms with E-state index < -0.39 is 0 Å². The topological polar surface area (TPSA) is 35.2 Å². The van der Waals surface area contributed by atoms with E-state index in [0.717, 1.165) is 26.2 Å². The van der Waals surface area contributed by atoms with Gasteiger partial charge in [0, 0.05) is 13.2 Å². The van der Waals surface area contributed by atoms with E-state index in [0.29, 0.717) is 5.41 Å². The monoisotopic (exact) mass is 199 g/mol. The largest absolute Gasteiger partial charge is 0.382 e. The minimum atomic E-state index is 0.408. The van der Waals surface area contributed by atoms with Crippen LogP contribution in [0.15, 0.2) is 0 Å². The van der Waals surface area contributed by atoms with Crippen molar-refractivity contribution in [3.05, 3.63) is 0 Å². The van der Waals surface area contributed by atoms with E-state index in [2.05, 4.69) is 6.92 Å².